The number of para-hydroxylation sites is 1. The molecule has 0 radical (unpaired) electrons. The quantitative estimate of drug-likeness (QED) is 0.887. The summed E-state index contributed by atoms with van der Waals surface area (Å²) in [6, 6.07) is 8.19. The predicted octanol–water partition coefficient (Wildman–Crippen LogP) is 3.60. The molecule has 2 N–H and O–H groups in total. The lowest BCUT2D eigenvalue weighted by atomic mass is 9.96. The van der Waals surface area contributed by atoms with Gasteiger partial charge >= 0.3 is 0 Å². The first kappa shape index (κ1) is 16.3. The minimum Gasteiger partial charge on any atom is -0.375 e. The van der Waals surface area contributed by atoms with Crippen molar-refractivity contribution in [1.82, 2.24) is 10.3 Å². The third-order valence-corrected chi connectivity index (χ3v) is 3.57. The fraction of sp³-hybridized carbons (Fsp3) is 0.444. The third-order valence-electron chi connectivity index (χ3n) is 3.57. The molecule has 4 heteroatoms. The van der Waals surface area contributed by atoms with Crippen molar-refractivity contribution in [2.75, 3.05) is 11.9 Å². The Labute approximate surface area is 132 Å². The van der Waals surface area contributed by atoms with Gasteiger partial charge in [0.25, 0.3) is 0 Å². The van der Waals surface area contributed by atoms with Gasteiger partial charge in [-0.1, -0.05) is 32.0 Å². The number of anilines is 1. The molecule has 0 saturated heterocycles. The number of aromatic nitrogens is 1. The van der Waals surface area contributed by atoms with E-state index in [2.05, 4.69) is 30.5 Å². The van der Waals surface area contributed by atoms with Crippen LogP contribution in [0, 0.1) is 6.92 Å². The number of carbonyl (C=O) groups excluding carboxylic acids is 1. The normalized spacial score (nSPS) is 11.2. The van der Waals surface area contributed by atoms with Gasteiger partial charge in [0, 0.05) is 22.8 Å². The monoisotopic (exact) mass is 299 g/mol. The van der Waals surface area contributed by atoms with E-state index in [-0.39, 0.29) is 18.5 Å². The summed E-state index contributed by atoms with van der Waals surface area (Å²) in [5.41, 5.74) is 4.17. The van der Waals surface area contributed by atoms with Gasteiger partial charge in [-0.15, -0.1) is 0 Å². The van der Waals surface area contributed by atoms with E-state index in [1.54, 1.807) is 0 Å². The molecule has 22 heavy (non-hydrogen) atoms. The van der Waals surface area contributed by atoms with Gasteiger partial charge in [0.05, 0.1) is 12.1 Å². The average molecular weight is 299 g/mol. The molecule has 0 aliphatic rings. The van der Waals surface area contributed by atoms with Gasteiger partial charge in [-0.05, 0) is 38.3 Å². The summed E-state index contributed by atoms with van der Waals surface area (Å²) in [6.07, 6.45) is 0. The second-order valence-corrected chi connectivity index (χ2v) is 6.23. The topological polar surface area (TPSA) is 54.0 Å². The number of hydrogen-bond acceptors (Lipinski definition) is 3. The predicted molar refractivity (Wildman–Crippen MR) is 92.3 cm³/mol. The number of amides is 1. The number of aryl methyl sites for hydroxylation is 1. The molecule has 2 aromatic rings. The van der Waals surface area contributed by atoms with Crippen molar-refractivity contribution < 1.29 is 4.79 Å². The Hall–Kier alpha value is -2.10. The lowest BCUT2D eigenvalue weighted by molar-refractivity contribution is -0.119. The summed E-state index contributed by atoms with van der Waals surface area (Å²) in [6.45, 7) is 10.5. The smallest absolute Gasteiger partial charge is 0.239 e. The maximum Gasteiger partial charge on any atom is 0.239 e. The Bertz CT molecular complexity index is 677. The first-order chi connectivity index (χ1) is 10.4. The van der Waals surface area contributed by atoms with Crippen LogP contribution >= 0.6 is 0 Å². The van der Waals surface area contributed by atoms with Crippen molar-refractivity contribution >= 4 is 22.5 Å². The molecule has 0 fully saturated rings. The number of fused-ring (bicyclic) bond motifs is 1. The molecular formula is C18H25N3O. The van der Waals surface area contributed by atoms with Crippen LogP contribution in [-0.4, -0.2) is 23.5 Å². The maximum absolute atomic E-state index is 11.9. The van der Waals surface area contributed by atoms with Crippen LogP contribution in [-0.2, 0) is 4.79 Å². The van der Waals surface area contributed by atoms with E-state index in [1.807, 2.05) is 39.0 Å². The van der Waals surface area contributed by atoms with Gasteiger partial charge in [0.15, 0.2) is 0 Å². The second-order valence-electron chi connectivity index (χ2n) is 6.23. The van der Waals surface area contributed by atoms with Gasteiger partial charge in [-0.25, -0.2) is 0 Å². The Balaban J connectivity index is 2.41. The van der Waals surface area contributed by atoms with Gasteiger partial charge in [0.1, 0.15) is 0 Å². The van der Waals surface area contributed by atoms with Crippen LogP contribution in [0.5, 0.6) is 0 Å². The summed E-state index contributed by atoms with van der Waals surface area (Å²) >= 11 is 0. The van der Waals surface area contributed by atoms with Crippen LogP contribution in [0.25, 0.3) is 10.9 Å². The molecule has 1 amide bonds. The molecule has 1 aromatic heterocycles. The average Bonchev–Trinajstić information content (AvgIpc) is 2.43. The lowest BCUT2D eigenvalue weighted by Gasteiger charge is -2.19. The van der Waals surface area contributed by atoms with E-state index in [9.17, 15) is 4.79 Å². The fourth-order valence-corrected chi connectivity index (χ4v) is 2.79. The van der Waals surface area contributed by atoms with Gasteiger partial charge in [-0.2, -0.15) is 0 Å². The highest BCUT2D eigenvalue weighted by molar-refractivity contribution is 5.95. The molecule has 2 rings (SSSR count). The molecule has 1 heterocycles. The minimum atomic E-state index is 0.00301. The van der Waals surface area contributed by atoms with E-state index in [1.165, 1.54) is 5.56 Å². The maximum atomic E-state index is 11.9. The molecule has 0 aliphatic carbocycles. The number of hydrogen-bond donors (Lipinski definition) is 2. The summed E-state index contributed by atoms with van der Waals surface area (Å²) in [7, 11) is 0. The fourth-order valence-electron chi connectivity index (χ4n) is 2.79. The van der Waals surface area contributed by atoms with Crippen molar-refractivity contribution in [2.24, 2.45) is 0 Å². The summed E-state index contributed by atoms with van der Waals surface area (Å²) in [4.78, 5) is 16.6. The van der Waals surface area contributed by atoms with Crippen LogP contribution < -0.4 is 10.6 Å². The summed E-state index contributed by atoms with van der Waals surface area (Å²) in [5, 5.41) is 7.30. The third kappa shape index (κ3) is 3.56. The number of rotatable bonds is 5. The lowest BCUT2D eigenvalue weighted by Crippen LogP contribution is -2.35. The van der Waals surface area contributed by atoms with Crippen molar-refractivity contribution in [3.05, 3.63) is 35.5 Å². The summed E-state index contributed by atoms with van der Waals surface area (Å²) < 4.78 is 0. The Kier molecular flexibility index (Phi) is 5.01. The Morgan fingerprint density at radius 3 is 2.50 bits per heavy atom. The zero-order chi connectivity index (χ0) is 16.3. The van der Waals surface area contributed by atoms with Gasteiger partial charge < -0.3 is 10.6 Å². The van der Waals surface area contributed by atoms with Gasteiger partial charge in [-0.3, -0.25) is 9.78 Å². The van der Waals surface area contributed by atoms with E-state index in [4.69, 9.17) is 4.98 Å². The highest BCUT2D eigenvalue weighted by Crippen LogP contribution is 2.33. The van der Waals surface area contributed by atoms with E-state index in [0.717, 1.165) is 22.3 Å². The molecule has 0 unspecified atom stereocenters. The Morgan fingerprint density at radius 2 is 1.86 bits per heavy atom. The zero-order valence-corrected chi connectivity index (χ0v) is 14.0. The molecule has 1 aromatic carbocycles. The van der Waals surface area contributed by atoms with Crippen LogP contribution in [0.2, 0.25) is 0 Å². The highest BCUT2D eigenvalue weighted by Gasteiger charge is 2.16. The standard InChI is InChI=1S/C18H25N3O/c1-11(2)17-13(5)21-15-9-7-6-8-14(15)18(17)19-10-16(22)20-12(3)4/h6-9,11-12H,10H2,1-5H3,(H,19,21)(H,20,22). The first-order valence-electron chi connectivity index (χ1n) is 7.82. The SMILES string of the molecule is Cc1nc2ccccc2c(NCC(=O)NC(C)C)c1C(C)C. The molecule has 0 atom stereocenters. The van der Waals surface area contributed by atoms with Crippen molar-refractivity contribution in [1.29, 1.82) is 0 Å². The van der Waals surface area contributed by atoms with Crippen molar-refractivity contribution in [3.8, 4) is 0 Å². The largest absolute Gasteiger partial charge is 0.375 e. The van der Waals surface area contributed by atoms with Crippen LogP contribution in [0.15, 0.2) is 24.3 Å². The molecular weight excluding hydrogens is 274 g/mol. The molecule has 0 spiro atoms. The van der Waals surface area contributed by atoms with E-state index < -0.39 is 0 Å². The second kappa shape index (κ2) is 6.77. The molecule has 4 nitrogen and oxygen atoms in total. The van der Waals surface area contributed by atoms with Crippen LogP contribution in [0.3, 0.4) is 0 Å². The highest BCUT2D eigenvalue weighted by atomic mass is 16.1. The van der Waals surface area contributed by atoms with Crippen molar-refractivity contribution in [2.45, 2.75) is 46.6 Å². The molecule has 0 bridgehead atoms. The number of pyridine rings is 1. The number of nitrogens with one attached hydrogen (secondary N) is 2. The minimum absolute atomic E-state index is 0.00301. The number of carbonyl (C=O) groups is 1. The van der Waals surface area contributed by atoms with E-state index in [0.29, 0.717) is 5.92 Å². The summed E-state index contributed by atoms with van der Waals surface area (Å²) in [5.74, 6) is 0.344. The van der Waals surface area contributed by atoms with Crippen molar-refractivity contribution in [3.63, 3.8) is 0 Å². The van der Waals surface area contributed by atoms with Crippen LogP contribution in [0.4, 0.5) is 5.69 Å². The number of nitrogens with zero attached hydrogens (tertiary/aromatic N) is 1. The Morgan fingerprint density at radius 1 is 1.18 bits per heavy atom. The zero-order valence-electron chi connectivity index (χ0n) is 14.0. The molecule has 0 saturated carbocycles. The molecule has 118 valence electrons. The van der Waals surface area contributed by atoms with Crippen LogP contribution in [0.1, 0.15) is 44.9 Å². The van der Waals surface area contributed by atoms with Gasteiger partial charge in [0.2, 0.25) is 5.91 Å². The molecule has 0 aliphatic heterocycles. The van der Waals surface area contributed by atoms with E-state index >= 15 is 0 Å². The number of benzene rings is 1. The first-order valence-corrected chi connectivity index (χ1v) is 7.82.